The fraction of sp³-hybridized carbons (Fsp3) is 0.250. The zero-order valence-electron chi connectivity index (χ0n) is 11.7. The third-order valence-electron chi connectivity index (χ3n) is 2.88. The Morgan fingerprint density at radius 3 is 2.70 bits per heavy atom. The summed E-state index contributed by atoms with van der Waals surface area (Å²) < 4.78 is 5.70. The molecule has 0 aliphatic rings. The molecule has 104 valence electrons. The van der Waals surface area contributed by atoms with Gasteiger partial charge in [-0.05, 0) is 38.1 Å². The first-order valence-corrected chi connectivity index (χ1v) is 6.58. The highest BCUT2D eigenvalue weighted by molar-refractivity contribution is 5.95. The second-order valence-electron chi connectivity index (χ2n) is 4.59. The number of carbonyl (C=O) groups is 1. The summed E-state index contributed by atoms with van der Waals surface area (Å²) in [4.78, 5) is 16.1. The SMILES string of the molecule is Cc1ncccc1C(=O)NCC(C)Oc1ccccc1. The number of para-hydroxylation sites is 1. The van der Waals surface area contributed by atoms with Crippen LogP contribution in [0.3, 0.4) is 0 Å². The zero-order valence-corrected chi connectivity index (χ0v) is 11.7. The monoisotopic (exact) mass is 270 g/mol. The third kappa shape index (κ3) is 3.82. The van der Waals surface area contributed by atoms with Crippen LogP contribution in [0.2, 0.25) is 0 Å². The lowest BCUT2D eigenvalue weighted by molar-refractivity contribution is 0.0931. The van der Waals surface area contributed by atoms with Crippen LogP contribution < -0.4 is 10.1 Å². The molecule has 0 saturated heterocycles. The van der Waals surface area contributed by atoms with Crippen LogP contribution in [-0.4, -0.2) is 23.5 Å². The Hall–Kier alpha value is -2.36. The van der Waals surface area contributed by atoms with Crippen LogP contribution in [0.4, 0.5) is 0 Å². The molecule has 0 fully saturated rings. The van der Waals surface area contributed by atoms with Gasteiger partial charge in [0.2, 0.25) is 0 Å². The molecule has 0 saturated carbocycles. The molecule has 1 unspecified atom stereocenters. The lowest BCUT2D eigenvalue weighted by Crippen LogP contribution is -2.34. The van der Waals surface area contributed by atoms with E-state index in [0.717, 1.165) is 11.4 Å². The molecule has 4 nitrogen and oxygen atoms in total. The first-order chi connectivity index (χ1) is 9.66. The van der Waals surface area contributed by atoms with Gasteiger partial charge in [-0.3, -0.25) is 9.78 Å². The van der Waals surface area contributed by atoms with Crippen molar-refractivity contribution >= 4 is 5.91 Å². The van der Waals surface area contributed by atoms with Crippen molar-refractivity contribution < 1.29 is 9.53 Å². The number of hydrogen-bond acceptors (Lipinski definition) is 3. The van der Waals surface area contributed by atoms with E-state index in [0.29, 0.717) is 12.1 Å². The predicted molar refractivity (Wildman–Crippen MR) is 77.8 cm³/mol. The summed E-state index contributed by atoms with van der Waals surface area (Å²) in [6, 6.07) is 13.1. The summed E-state index contributed by atoms with van der Waals surface area (Å²) >= 11 is 0. The van der Waals surface area contributed by atoms with Gasteiger partial charge in [0.15, 0.2) is 0 Å². The maximum Gasteiger partial charge on any atom is 0.253 e. The summed E-state index contributed by atoms with van der Waals surface area (Å²) in [5.41, 5.74) is 1.32. The van der Waals surface area contributed by atoms with Crippen LogP contribution in [0.25, 0.3) is 0 Å². The normalized spacial score (nSPS) is 11.7. The van der Waals surface area contributed by atoms with E-state index in [4.69, 9.17) is 4.74 Å². The summed E-state index contributed by atoms with van der Waals surface area (Å²) in [5.74, 6) is 0.672. The molecule has 0 aliphatic carbocycles. The molecule has 4 heteroatoms. The molecule has 1 aromatic heterocycles. The second-order valence-corrected chi connectivity index (χ2v) is 4.59. The Labute approximate surface area is 118 Å². The first-order valence-electron chi connectivity index (χ1n) is 6.58. The molecule has 0 bridgehead atoms. The number of benzene rings is 1. The Bertz CT molecular complexity index is 570. The summed E-state index contributed by atoms with van der Waals surface area (Å²) in [7, 11) is 0. The van der Waals surface area contributed by atoms with Gasteiger partial charge in [-0.15, -0.1) is 0 Å². The first kappa shape index (κ1) is 14.1. The number of nitrogens with zero attached hydrogens (tertiary/aromatic N) is 1. The van der Waals surface area contributed by atoms with Gasteiger partial charge in [0.1, 0.15) is 11.9 Å². The second kappa shape index (κ2) is 6.70. The smallest absolute Gasteiger partial charge is 0.253 e. The summed E-state index contributed by atoms with van der Waals surface area (Å²) in [5, 5.41) is 2.86. The van der Waals surface area contributed by atoms with Gasteiger partial charge in [0.05, 0.1) is 12.1 Å². The number of aromatic nitrogens is 1. The zero-order chi connectivity index (χ0) is 14.4. The van der Waals surface area contributed by atoms with Crippen LogP contribution in [0.15, 0.2) is 48.7 Å². The van der Waals surface area contributed by atoms with E-state index in [1.165, 1.54) is 0 Å². The fourth-order valence-electron chi connectivity index (χ4n) is 1.83. The average molecular weight is 270 g/mol. The van der Waals surface area contributed by atoms with E-state index in [-0.39, 0.29) is 12.0 Å². The van der Waals surface area contributed by atoms with E-state index < -0.39 is 0 Å². The van der Waals surface area contributed by atoms with E-state index in [2.05, 4.69) is 10.3 Å². The fourth-order valence-corrected chi connectivity index (χ4v) is 1.83. The summed E-state index contributed by atoms with van der Waals surface area (Å²) in [6.07, 6.45) is 1.58. The minimum absolute atomic E-state index is 0.0988. The topological polar surface area (TPSA) is 51.2 Å². The molecular formula is C16H18N2O2. The highest BCUT2D eigenvalue weighted by Crippen LogP contribution is 2.10. The van der Waals surface area contributed by atoms with Gasteiger partial charge >= 0.3 is 0 Å². The van der Waals surface area contributed by atoms with E-state index >= 15 is 0 Å². The molecule has 1 amide bonds. The maximum atomic E-state index is 12.0. The summed E-state index contributed by atoms with van der Waals surface area (Å²) in [6.45, 7) is 4.18. The van der Waals surface area contributed by atoms with E-state index in [1.54, 1.807) is 18.3 Å². The van der Waals surface area contributed by atoms with Gasteiger partial charge in [-0.1, -0.05) is 18.2 Å². The third-order valence-corrected chi connectivity index (χ3v) is 2.88. The van der Waals surface area contributed by atoms with Crippen molar-refractivity contribution in [1.29, 1.82) is 0 Å². The van der Waals surface area contributed by atoms with Crippen LogP contribution in [0, 0.1) is 6.92 Å². The van der Waals surface area contributed by atoms with Gasteiger partial charge in [-0.2, -0.15) is 0 Å². The average Bonchev–Trinajstić information content (AvgIpc) is 2.46. The lowest BCUT2D eigenvalue weighted by atomic mass is 10.2. The molecule has 0 radical (unpaired) electrons. The minimum atomic E-state index is -0.126. The minimum Gasteiger partial charge on any atom is -0.489 e. The molecule has 1 N–H and O–H groups in total. The van der Waals surface area contributed by atoms with Crippen molar-refractivity contribution in [3.05, 3.63) is 59.9 Å². The van der Waals surface area contributed by atoms with Gasteiger partial charge < -0.3 is 10.1 Å². The number of hydrogen-bond donors (Lipinski definition) is 1. The van der Waals surface area contributed by atoms with Crippen molar-refractivity contribution in [3.63, 3.8) is 0 Å². The number of nitrogens with one attached hydrogen (secondary N) is 1. The number of ether oxygens (including phenoxy) is 1. The molecular weight excluding hydrogens is 252 g/mol. The van der Waals surface area contributed by atoms with Crippen LogP contribution in [0.1, 0.15) is 23.0 Å². The largest absolute Gasteiger partial charge is 0.489 e. The number of aryl methyl sites for hydroxylation is 1. The Morgan fingerprint density at radius 1 is 1.25 bits per heavy atom. The van der Waals surface area contributed by atoms with Crippen LogP contribution in [-0.2, 0) is 0 Å². The lowest BCUT2D eigenvalue weighted by Gasteiger charge is -2.15. The number of rotatable bonds is 5. The van der Waals surface area contributed by atoms with Crippen molar-refractivity contribution in [2.45, 2.75) is 20.0 Å². The molecule has 0 aliphatic heterocycles. The molecule has 2 rings (SSSR count). The standard InChI is InChI=1S/C16H18N2O2/c1-12(20-14-7-4-3-5-8-14)11-18-16(19)15-9-6-10-17-13(15)2/h3-10,12H,11H2,1-2H3,(H,18,19). The van der Waals surface area contributed by atoms with Crippen molar-refractivity contribution in [2.75, 3.05) is 6.54 Å². The molecule has 20 heavy (non-hydrogen) atoms. The quantitative estimate of drug-likeness (QED) is 0.908. The van der Waals surface area contributed by atoms with Crippen LogP contribution in [0.5, 0.6) is 5.75 Å². The molecule has 0 spiro atoms. The molecule has 1 heterocycles. The van der Waals surface area contributed by atoms with Crippen molar-refractivity contribution in [1.82, 2.24) is 10.3 Å². The maximum absolute atomic E-state index is 12.0. The highest BCUT2D eigenvalue weighted by Gasteiger charge is 2.11. The van der Waals surface area contributed by atoms with Gasteiger partial charge in [0, 0.05) is 11.9 Å². The number of carbonyl (C=O) groups excluding carboxylic acids is 1. The van der Waals surface area contributed by atoms with Crippen molar-refractivity contribution in [2.24, 2.45) is 0 Å². The van der Waals surface area contributed by atoms with Crippen LogP contribution >= 0.6 is 0 Å². The highest BCUT2D eigenvalue weighted by atomic mass is 16.5. The van der Waals surface area contributed by atoms with Crippen molar-refractivity contribution in [3.8, 4) is 5.75 Å². The van der Waals surface area contributed by atoms with E-state index in [9.17, 15) is 4.79 Å². The Balaban J connectivity index is 1.86. The van der Waals surface area contributed by atoms with Gasteiger partial charge in [0.25, 0.3) is 5.91 Å². The van der Waals surface area contributed by atoms with E-state index in [1.807, 2.05) is 44.2 Å². The Kier molecular flexibility index (Phi) is 4.71. The number of amides is 1. The predicted octanol–water partition coefficient (Wildman–Crippen LogP) is 2.59. The molecule has 1 aromatic carbocycles. The Morgan fingerprint density at radius 2 is 2.00 bits per heavy atom. The molecule has 1 atom stereocenters. The number of pyridine rings is 1. The molecule has 2 aromatic rings. The van der Waals surface area contributed by atoms with Gasteiger partial charge in [-0.25, -0.2) is 0 Å².